The van der Waals surface area contributed by atoms with E-state index in [1.54, 1.807) is 0 Å². The minimum absolute atomic E-state index is 0.131. The normalized spacial score (nSPS) is 35.9. The zero-order valence-electron chi connectivity index (χ0n) is 11.6. The molecule has 0 spiro atoms. The zero-order chi connectivity index (χ0) is 13.0. The van der Waals surface area contributed by atoms with Gasteiger partial charge in [0.05, 0.1) is 39.2 Å². The summed E-state index contributed by atoms with van der Waals surface area (Å²) in [5, 5.41) is 0. The minimum Gasteiger partial charge on any atom is -0.465 e. The fourth-order valence-electron chi connectivity index (χ4n) is 3.82. The molecular weight excluding hydrogens is 228 g/mol. The molecule has 2 N–H and O–H groups in total. The summed E-state index contributed by atoms with van der Waals surface area (Å²) in [7, 11) is 2.39. The molecule has 0 aromatic rings. The Kier molecular flexibility index (Phi) is 4.62. The number of fused-ring (bicyclic) bond motifs is 1. The Morgan fingerprint density at radius 1 is 1.28 bits per heavy atom. The first kappa shape index (κ1) is 13.8. The topological polar surface area (TPSA) is 52.3 Å². The summed E-state index contributed by atoms with van der Waals surface area (Å²) in [6, 6.07) is 0.707. The van der Waals surface area contributed by atoms with Crippen LogP contribution in [0.2, 0.25) is 0 Å². The molecule has 0 radical (unpaired) electrons. The van der Waals surface area contributed by atoms with Crippen molar-refractivity contribution >= 4 is 5.97 Å². The Morgan fingerprint density at radius 3 is 2.83 bits per heavy atom. The number of carbonyl (C=O) groups is 1. The lowest BCUT2D eigenvalue weighted by molar-refractivity contribution is -0.947. The number of nitrogens with zero attached hydrogens (tertiary/aromatic N) is 1. The van der Waals surface area contributed by atoms with E-state index in [0.29, 0.717) is 31.5 Å². The van der Waals surface area contributed by atoms with Crippen LogP contribution in [0.5, 0.6) is 0 Å². The average molecular weight is 255 g/mol. The lowest BCUT2D eigenvalue weighted by Gasteiger charge is -2.51. The molecule has 2 fully saturated rings. The maximum absolute atomic E-state index is 11.4. The molecule has 0 amide bonds. The molecule has 4 heteroatoms. The number of piperidine rings is 2. The Labute approximate surface area is 110 Å². The van der Waals surface area contributed by atoms with Crippen LogP contribution in [0.4, 0.5) is 0 Å². The van der Waals surface area contributed by atoms with Gasteiger partial charge in [0.1, 0.15) is 0 Å². The molecule has 0 aromatic carbocycles. The van der Waals surface area contributed by atoms with Crippen molar-refractivity contribution in [2.45, 2.75) is 44.6 Å². The molecule has 0 bridgehead atoms. The van der Waals surface area contributed by atoms with Gasteiger partial charge in [-0.15, -0.1) is 0 Å². The third-order valence-electron chi connectivity index (χ3n) is 4.81. The van der Waals surface area contributed by atoms with Gasteiger partial charge in [-0.1, -0.05) is 0 Å². The van der Waals surface area contributed by atoms with E-state index in [4.69, 9.17) is 10.5 Å². The molecule has 2 aliphatic rings. The van der Waals surface area contributed by atoms with Gasteiger partial charge in [-0.25, -0.2) is 0 Å². The smallest absolute Gasteiger partial charge is 0.307 e. The number of quaternary nitrogens is 1. The van der Waals surface area contributed by atoms with Gasteiger partial charge >= 0.3 is 5.97 Å². The number of rotatable bonds is 4. The lowest BCUT2D eigenvalue weighted by Crippen LogP contribution is -2.61. The number of hydrogen-bond donors (Lipinski definition) is 1. The summed E-state index contributed by atoms with van der Waals surface area (Å²) >= 11 is 0. The van der Waals surface area contributed by atoms with Crippen molar-refractivity contribution in [2.75, 3.05) is 33.3 Å². The molecule has 2 aliphatic heterocycles. The summed E-state index contributed by atoms with van der Waals surface area (Å²) in [5.74, 6) is 0.430. The van der Waals surface area contributed by atoms with Crippen molar-refractivity contribution in [1.82, 2.24) is 0 Å². The molecule has 0 unspecified atom stereocenters. The lowest BCUT2D eigenvalue weighted by atomic mass is 9.82. The van der Waals surface area contributed by atoms with Crippen LogP contribution in [0.25, 0.3) is 0 Å². The number of nitrogens with two attached hydrogens (primary N) is 1. The van der Waals surface area contributed by atoms with Crippen LogP contribution in [0.1, 0.15) is 38.5 Å². The quantitative estimate of drug-likeness (QED) is 0.608. The number of ether oxygens (including phenoxy) is 1. The van der Waals surface area contributed by atoms with Crippen molar-refractivity contribution in [2.24, 2.45) is 11.7 Å². The van der Waals surface area contributed by atoms with E-state index < -0.39 is 0 Å². The third-order valence-corrected chi connectivity index (χ3v) is 4.81. The van der Waals surface area contributed by atoms with Crippen molar-refractivity contribution in [3.05, 3.63) is 0 Å². The van der Waals surface area contributed by atoms with Gasteiger partial charge in [0.15, 0.2) is 0 Å². The minimum atomic E-state index is -0.131. The maximum atomic E-state index is 11.4. The Hall–Kier alpha value is -0.610. The number of hydrogen-bond acceptors (Lipinski definition) is 3. The fourth-order valence-corrected chi connectivity index (χ4v) is 3.82. The van der Waals surface area contributed by atoms with Gasteiger partial charge in [-0.3, -0.25) is 4.79 Å². The van der Waals surface area contributed by atoms with Crippen LogP contribution in [0.15, 0.2) is 0 Å². The zero-order valence-corrected chi connectivity index (χ0v) is 11.6. The summed E-state index contributed by atoms with van der Waals surface area (Å²) < 4.78 is 6.59. The molecular formula is C14H27N2O2+. The SMILES string of the molecule is C[N@+]12CCCC[C@H]1[C@H](COC(=O)CCN)CCC2. The second-order valence-electron chi connectivity index (χ2n) is 6.11. The molecule has 0 aromatic heterocycles. The molecule has 104 valence electrons. The van der Waals surface area contributed by atoms with Crippen molar-refractivity contribution in [1.29, 1.82) is 0 Å². The third kappa shape index (κ3) is 3.04. The summed E-state index contributed by atoms with van der Waals surface area (Å²) in [4.78, 5) is 11.4. The summed E-state index contributed by atoms with van der Waals surface area (Å²) in [6.07, 6.45) is 6.83. The predicted molar refractivity (Wildman–Crippen MR) is 70.9 cm³/mol. The van der Waals surface area contributed by atoms with Crippen molar-refractivity contribution in [3.63, 3.8) is 0 Å². The van der Waals surface area contributed by atoms with E-state index in [0.717, 1.165) is 0 Å². The Balaban J connectivity index is 1.89. The highest BCUT2D eigenvalue weighted by Gasteiger charge is 2.43. The molecule has 0 aliphatic carbocycles. The highest BCUT2D eigenvalue weighted by atomic mass is 16.5. The Bertz CT molecular complexity index is 292. The van der Waals surface area contributed by atoms with E-state index in [9.17, 15) is 4.79 Å². The van der Waals surface area contributed by atoms with Crippen LogP contribution in [-0.4, -0.2) is 49.8 Å². The van der Waals surface area contributed by atoms with E-state index in [1.165, 1.54) is 49.7 Å². The standard InChI is InChI=1S/C14H27N2O2/c1-16-9-3-2-6-13(16)12(5-4-10-16)11-18-14(17)7-8-15/h12-13H,2-11,15H2,1H3/q+1/t12-,13-,16+/m0/s1. The van der Waals surface area contributed by atoms with Crippen molar-refractivity contribution < 1.29 is 14.0 Å². The van der Waals surface area contributed by atoms with Gasteiger partial charge in [0.25, 0.3) is 0 Å². The first-order chi connectivity index (χ1) is 8.65. The second kappa shape index (κ2) is 6.02. The van der Waals surface area contributed by atoms with E-state index in [-0.39, 0.29) is 5.97 Å². The average Bonchev–Trinajstić information content (AvgIpc) is 2.35. The highest BCUT2D eigenvalue weighted by Crippen LogP contribution is 2.36. The highest BCUT2D eigenvalue weighted by molar-refractivity contribution is 5.69. The molecule has 0 saturated carbocycles. The Morgan fingerprint density at radius 2 is 2.06 bits per heavy atom. The van der Waals surface area contributed by atoms with Gasteiger partial charge in [-0.2, -0.15) is 0 Å². The van der Waals surface area contributed by atoms with Gasteiger partial charge < -0.3 is 15.0 Å². The first-order valence-corrected chi connectivity index (χ1v) is 7.35. The molecule has 2 saturated heterocycles. The van der Waals surface area contributed by atoms with Crippen LogP contribution >= 0.6 is 0 Å². The predicted octanol–water partition coefficient (Wildman–Crippen LogP) is 1.29. The molecule has 2 heterocycles. The maximum Gasteiger partial charge on any atom is 0.307 e. The van der Waals surface area contributed by atoms with Crippen LogP contribution in [-0.2, 0) is 9.53 Å². The van der Waals surface area contributed by atoms with Gasteiger partial charge in [0, 0.05) is 18.9 Å². The van der Waals surface area contributed by atoms with E-state index >= 15 is 0 Å². The molecule has 4 nitrogen and oxygen atoms in total. The summed E-state index contributed by atoms with van der Waals surface area (Å²) in [6.45, 7) is 3.61. The first-order valence-electron chi connectivity index (χ1n) is 7.35. The van der Waals surface area contributed by atoms with Crippen LogP contribution < -0.4 is 5.73 Å². The fraction of sp³-hybridized carbons (Fsp3) is 0.929. The van der Waals surface area contributed by atoms with Crippen LogP contribution in [0.3, 0.4) is 0 Å². The largest absolute Gasteiger partial charge is 0.465 e. The molecule has 2 rings (SSSR count). The van der Waals surface area contributed by atoms with Gasteiger partial charge in [-0.05, 0) is 25.7 Å². The number of esters is 1. The molecule has 3 atom stereocenters. The summed E-state index contributed by atoms with van der Waals surface area (Å²) in [5.41, 5.74) is 5.36. The monoisotopic (exact) mass is 255 g/mol. The van der Waals surface area contributed by atoms with Crippen molar-refractivity contribution in [3.8, 4) is 0 Å². The number of carbonyl (C=O) groups excluding carboxylic acids is 1. The van der Waals surface area contributed by atoms with E-state index in [2.05, 4.69) is 7.05 Å². The van der Waals surface area contributed by atoms with Crippen LogP contribution in [0, 0.1) is 5.92 Å². The van der Waals surface area contributed by atoms with Gasteiger partial charge in [0.2, 0.25) is 0 Å². The van der Waals surface area contributed by atoms with E-state index in [1.807, 2.05) is 0 Å². The second-order valence-corrected chi connectivity index (χ2v) is 6.11. The molecule has 18 heavy (non-hydrogen) atoms.